The third kappa shape index (κ3) is 2.36. The van der Waals surface area contributed by atoms with Gasteiger partial charge in [0.25, 0.3) is 11.8 Å². The number of hydrogen-bond donors (Lipinski definition) is 0. The molecule has 5 nitrogen and oxygen atoms in total. The van der Waals surface area contributed by atoms with E-state index in [2.05, 4.69) is 4.98 Å². The van der Waals surface area contributed by atoms with Crippen LogP contribution in [0.15, 0.2) is 71.1 Å². The van der Waals surface area contributed by atoms with E-state index in [4.69, 9.17) is 4.42 Å². The SMILES string of the molecule is Cc1ccc(-c2nc3cc(N4C(=O)c5ccccc5C4=O)ccc3o2)cc1. The lowest BCUT2D eigenvalue weighted by molar-refractivity contribution is 0.0926. The maximum absolute atomic E-state index is 12.7. The van der Waals surface area contributed by atoms with Gasteiger partial charge >= 0.3 is 0 Å². The van der Waals surface area contributed by atoms with Crippen molar-refractivity contribution in [1.82, 2.24) is 4.98 Å². The first-order valence-corrected chi connectivity index (χ1v) is 8.57. The van der Waals surface area contributed by atoms with Crippen molar-refractivity contribution in [3.8, 4) is 11.5 Å². The van der Waals surface area contributed by atoms with Crippen molar-refractivity contribution in [3.63, 3.8) is 0 Å². The lowest BCUT2D eigenvalue weighted by atomic mass is 10.1. The van der Waals surface area contributed by atoms with Gasteiger partial charge in [-0.05, 0) is 49.4 Å². The van der Waals surface area contributed by atoms with Gasteiger partial charge in [0.05, 0.1) is 16.8 Å². The molecule has 0 N–H and O–H groups in total. The number of carbonyl (C=O) groups excluding carboxylic acids is 2. The van der Waals surface area contributed by atoms with E-state index in [0.717, 1.165) is 11.1 Å². The van der Waals surface area contributed by atoms with Gasteiger partial charge in [-0.25, -0.2) is 9.88 Å². The number of hydrogen-bond acceptors (Lipinski definition) is 4. The molecule has 4 aromatic rings. The van der Waals surface area contributed by atoms with Crippen LogP contribution in [0.3, 0.4) is 0 Å². The van der Waals surface area contributed by atoms with Gasteiger partial charge in [0.15, 0.2) is 5.58 Å². The Hall–Kier alpha value is -3.73. The number of amides is 2. The number of aromatic nitrogens is 1. The van der Waals surface area contributed by atoms with Crippen LogP contribution in [0.1, 0.15) is 26.3 Å². The molecule has 27 heavy (non-hydrogen) atoms. The molecule has 0 saturated heterocycles. The smallest absolute Gasteiger partial charge is 0.266 e. The molecule has 2 heterocycles. The summed E-state index contributed by atoms with van der Waals surface area (Å²) in [5, 5.41) is 0. The summed E-state index contributed by atoms with van der Waals surface area (Å²) in [7, 11) is 0. The third-order valence-corrected chi connectivity index (χ3v) is 4.72. The molecular formula is C22H14N2O3. The van der Waals surface area contributed by atoms with Crippen molar-refractivity contribution in [1.29, 1.82) is 0 Å². The Morgan fingerprint density at radius 3 is 2.19 bits per heavy atom. The zero-order chi connectivity index (χ0) is 18.5. The number of nitrogens with zero attached hydrogens (tertiary/aromatic N) is 2. The lowest BCUT2D eigenvalue weighted by Gasteiger charge is -2.13. The van der Waals surface area contributed by atoms with Crippen LogP contribution in [-0.4, -0.2) is 16.8 Å². The monoisotopic (exact) mass is 354 g/mol. The van der Waals surface area contributed by atoms with E-state index >= 15 is 0 Å². The highest BCUT2D eigenvalue weighted by Crippen LogP contribution is 2.32. The molecular weight excluding hydrogens is 340 g/mol. The maximum Gasteiger partial charge on any atom is 0.266 e. The van der Waals surface area contributed by atoms with E-state index in [9.17, 15) is 9.59 Å². The maximum atomic E-state index is 12.7. The summed E-state index contributed by atoms with van der Waals surface area (Å²) in [5.74, 6) is -0.140. The quantitative estimate of drug-likeness (QED) is 0.493. The topological polar surface area (TPSA) is 63.4 Å². The van der Waals surface area contributed by atoms with E-state index in [1.54, 1.807) is 42.5 Å². The molecule has 0 radical (unpaired) electrons. The minimum atomic E-state index is -0.322. The molecule has 0 unspecified atom stereocenters. The van der Waals surface area contributed by atoms with Gasteiger partial charge in [0.1, 0.15) is 5.52 Å². The standard InChI is InChI=1S/C22H14N2O3/c1-13-6-8-14(9-7-13)20-23-18-12-15(10-11-19(18)27-20)24-21(25)16-4-2-3-5-17(16)22(24)26/h2-12H,1H3. The fourth-order valence-electron chi connectivity index (χ4n) is 3.30. The predicted molar refractivity (Wildman–Crippen MR) is 102 cm³/mol. The largest absolute Gasteiger partial charge is 0.436 e. The van der Waals surface area contributed by atoms with Crippen molar-refractivity contribution in [2.45, 2.75) is 6.92 Å². The minimum absolute atomic E-state index is 0.322. The highest BCUT2D eigenvalue weighted by Gasteiger charge is 2.36. The molecule has 0 bridgehead atoms. The van der Waals surface area contributed by atoms with Crippen LogP contribution in [0.4, 0.5) is 5.69 Å². The molecule has 0 aliphatic carbocycles. The van der Waals surface area contributed by atoms with Crippen molar-refractivity contribution < 1.29 is 14.0 Å². The van der Waals surface area contributed by atoms with Crippen LogP contribution in [-0.2, 0) is 0 Å². The summed E-state index contributed by atoms with van der Waals surface area (Å²) < 4.78 is 5.83. The summed E-state index contributed by atoms with van der Waals surface area (Å²) >= 11 is 0. The van der Waals surface area contributed by atoms with E-state index in [0.29, 0.717) is 33.8 Å². The predicted octanol–water partition coefficient (Wildman–Crippen LogP) is 4.60. The second-order valence-corrected chi connectivity index (χ2v) is 6.53. The molecule has 5 heteroatoms. The number of rotatable bonds is 2. The lowest BCUT2D eigenvalue weighted by Crippen LogP contribution is -2.29. The van der Waals surface area contributed by atoms with Crippen LogP contribution in [0.25, 0.3) is 22.6 Å². The third-order valence-electron chi connectivity index (χ3n) is 4.72. The Kier molecular flexibility index (Phi) is 3.24. The zero-order valence-corrected chi connectivity index (χ0v) is 14.5. The molecule has 0 saturated carbocycles. The zero-order valence-electron chi connectivity index (χ0n) is 14.5. The molecule has 1 aliphatic heterocycles. The first-order chi connectivity index (χ1) is 13.1. The second kappa shape index (κ2) is 5.64. The van der Waals surface area contributed by atoms with Crippen molar-refractivity contribution in [2.24, 2.45) is 0 Å². The first kappa shape index (κ1) is 15.5. The van der Waals surface area contributed by atoms with Crippen LogP contribution in [0.2, 0.25) is 0 Å². The molecule has 0 atom stereocenters. The molecule has 3 aromatic carbocycles. The number of carbonyl (C=O) groups is 2. The summed E-state index contributed by atoms with van der Waals surface area (Å²) in [6.45, 7) is 2.02. The number of aryl methyl sites for hydroxylation is 1. The average Bonchev–Trinajstić information content (AvgIpc) is 3.22. The summed E-state index contributed by atoms with van der Waals surface area (Å²) in [6, 6.07) is 19.9. The number of imide groups is 1. The van der Waals surface area contributed by atoms with Gasteiger partial charge in [0.2, 0.25) is 5.89 Å². The molecule has 0 spiro atoms. The van der Waals surface area contributed by atoms with Crippen LogP contribution >= 0.6 is 0 Å². The normalized spacial score (nSPS) is 13.4. The number of anilines is 1. The molecule has 130 valence electrons. The Bertz CT molecular complexity index is 1190. The number of fused-ring (bicyclic) bond motifs is 2. The van der Waals surface area contributed by atoms with Gasteiger partial charge in [-0.3, -0.25) is 9.59 Å². The molecule has 1 aliphatic rings. The van der Waals surface area contributed by atoms with Gasteiger partial charge in [-0.2, -0.15) is 0 Å². The molecule has 0 fully saturated rings. The molecule has 1 aromatic heterocycles. The Labute approximate surface area is 154 Å². The average molecular weight is 354 g/mol. The fraction of sp³-hybridized carbons (Fsp3) is 0.0455. The van der Waals surface area contributed by atoms with Gasteiger partial charge in [0, 0.05) is 5.56 Å². The summed E-state index contributed by atoms with van der Waals surface area (Å²) in [4.78, 5) is 31.0. The van der Waals surface area contributed by atoms with Crippen molar-refractivity contribution in [3.05, 3.63) is 83.4 Å². The van der Waals surface area contributed by atoms with Crippen LogP contribution in [0.5, 0.6) is 0 Å². The minimum Gasteiger partial charge on any atom is -0.436 e. The summed E-state index contributed by atoms with van der Waals surface area (Å²) in [5.41, 5.74) is 4.55. The van der Waals surface area contributed by atoms with E-state index in [-0.39, 0.29) is 11.8 Å². The number of benzene rings is 3. The summed E-state index contributed by atoms with van der Waals surface area (Å²) in [6.07, 6.45) is 0. The van der Waals surface area contributed by atoms with Gasteiger partial charge in [-0.15, -0.1) is 0 Å². The van der Waals surface area contributed by atoms with E-state index < -0.39 is 0 Å². The van der Waals surface area contributed by atoms with E-state index in [1.807, 2.05) is 31.2 Å². The second-order valence-electron chi connectivity index (χ2n) is 6.53. The highest BCUT2D eigenvalue weighted by molar-refractivity contribution is 6.34. The highest BCUT2D eigenvalue weighted by atomic mass is 16.3. The molecule has 2 amide bonds. The molecule has 5 rings (SSSR count). The van der Waals surface area contributed by atoms with Crippen LogP contribution in [0, 0.1) is 6.92 Å². The fourth-order valence-corrected chi connectivity index (χ4v) is 3.30. The van der Waals surface area contributed by atoms with E-state index in [1.165, 1.54) is 4.90 Å². The Morgan fingerprint density at radius 1 is 0.852 bits per heavy atom. The van der Waals surface area contributed by atoms with Crippen molar-refractivity contribution in [2.75, 3.05) is 4.90 Å². The Morgan fingerprint density at radius 2 is 1.52 bits per heavy atom. The Balaban J connectivity index is 1.57. The van der Waals surface area contributed by atoms with Gasteiger partial charge < -0.3 is 4.42 Å². The van der Waals surface area contributed by atoms with Crippen molar-refractivity contribution >= 4 is 28.6 Å². The first-order valence-electron chi connectivity index (χ1n) is 8.57. The number of oxazole rings is 1. The van der Waals surface area contributed by atoms with Crippen LogP contribution < -0.4 is 4.90 Å². The van der Waals surface area contributed by atoms with Gasteiger partial charge in [-0.1, -0.05) is 29.8 Å².